The molecule has 4 nitrogen and oxygen atoms in total. The first-order valence-corrected chi connectivity index (χ1v) is 5.51. The topological polar surface area (TPSA) is 47.8 Å². The lowest BCUT2D eigenvalue weighted by Gasteiger charge is -2.21. The van der Waals surface area contributed by atoms with Gasteiger partial charge >= 0.3 is 0 Å². The molecular weight excluding hydrogens is 190 g/mol. The minimum atomic E-state index is 0.108. The molecular formula is C11H17N3O. The first-order chi connectivity index (χ1) is 7.13. The van der Waals surface area contributed by atoms with Gasteiger partial charge < -0.3 is 0 Å². The predicted octanol–water partition coefficient (Wildman–Crippen LogP) is 1.60. The van der Waals surface area contributed by atoms with E-state index in [-0.39, 0.29) is 5.41 Å². The van der Waals surface area contributed by atoms with Crippen LogP contribution < -0.4 is 0 Å². The number of carbonyl (C=O) groups excluding carboxylic acids is 1. The van der Waals surface area contributed by atoms with Gasteiger partial charge in [0.2, 0.25) is 0 Å². The molecule has 0 bridgehead atoms. The van der Waals surface area contributed by atoms with Crippen LogP contribution in [0.2, 0.25) is 0 Å². The van der Waals surface area contributed by atoms with Crippen molar-refractivity contribution in [2.75, 3.05) is 0 Å². The molecule has 1 aliphatic rings. The van der Waals surface area contributed by atoms with Gasteiger partial charge in [0.25, 0.3) is 0 Å². The Kier molecular flexibility index (Phi) is 2.59. The van der Waals surface area contributed by atoms with Crippen LogP contribution in [0.25, 0.3) is 0 Å². The number of aryl methyl sites for hydroxylation is 1. The maximum Gasteiger partial charge on any atom is 0.138 e. The van der Waals surface area contributed by atoms with E-state index in [9.17, 15) is 4.79 Å². The van der Waals surface area contributed by atoms with Crippen LogP contribution in [0.4, 0.5) is 0 Å². The van der Waals surface area contributed by atoms with Crippen molar-refractivity contribution in [1.29, 1.82) is 0 Å². The van der Waals surface area contributed by atoms with Gasteiger partial charge in [0, 0.05) is 25.8 Å². The molecule has 2 rings (SSSR count). The van der Waals surface area contributed by atoms with Gasteiger partial charge in [-0.05, 0) is 18.8 Å². The minimum absolute atomic E-state index is 0.108. The first-order valence-electron chi connectivity index (χ1n) is 5.51. The lowest BCUT2D eigenvalue weighted by Crippen LogP contribution is -2.19. The van der Waals surface area contributed by atoms with Gasteiger partial charge in [-0.15, -0.1) is 0 Å². The first kappa shape index (κ1) is 10.3. The molecule has 1 saturated carbocycles. The second-order valence-electron chi connectivity index (χ2n) is 4.69. The third-order valence-corrected chi connectivity index (χ3v) is 3.21. The lowest BCUT2D eigenvalue weighted by molar-refractivity contribution is -0.117. The van der Waals surface area contributed by atoms with Crippen molar-refractivity contribution < 1.29 is 4.79 Å². The summed E-state index contributed by atoms with van der Waals surface area (Å²) in [6, 6.07) is 0. The van der Waals surface area contributed by atoms with E-state index in [4.69, 9.17) is 0 Å². The molecule has 0 radical (unpaired) electrons. The Morgan fingerprint density at radius 2 is 2.40 bits per heavy atom. The monoisotopic (exact) mass is 207 g/mol. The number of hydrogen-bond donors (Lipinski definition) is 0. The molecule has 1 heterocycles. The lowest BCUT2D eigenvalue weighted by atomic mass is 9.85. The van der Waals surface area contributed by atoms with Gasteiger partial charge in [-0.3, -0.25) is 9.48 Å². The molecule has 4 heteroatoms. The molecule has 1 unspecified atom stereocenters. The zero-order valence-corrected chi connectivity index (χ0v) is 9.36. The highest BCUT2D eigenvalue weighted by Gasteiger charge is 2.35. The summed E-state index contributed by atoms with van der Waals surface area (Å²) in [6.45, 7) is 5.08. The fraction of sp³-hybridized carbons (Fsp3) is 0.727. The summed E-state index contributed by atoms with van der Waals surface area (Å²) < 4.78 is 1.91. The Labute approximate surface area is 89.7 Å². The molecule has 1 aliphatic carbocycles. The van der Waals surface area contributed by atoms with Crippen LogP contribution in [-0.4, -0.2) is 20.5 Å². The third kappa shape index (κ3) is 2.08. The van der Waals surface area contributed by atoms with Gasteiger partial charge in [0.1, 0.15) is 17.9 Å². The highest BCUT2D eigenvalue weighted by atomic mass is 16.1. The summed E-state index contributed by atoms with van der Waals surface area (Å²) in [7, 11) is 0. The molecule has 0 aliphatic heterocycles. The number of ketones is 1. The molecule has 0 saturated heterocycles. The maximum absolute atomic E-state index is 11.3. The largest absolute Gasteiger partial charge is 0.300 e. The second-order valence-corrected chi connectivity index (χ2v) is 4.69. The number of rotatable bonds is 3. The Hall–Kier alpha value is -1.19. The Morgan fingerprint density at radius 3 is 3.00 bits per heavy atom. The number of Topliss-reactive ketones (excluding diaryl/α,β-unsaturated/α-hetero) is 1. The quantitative estimate of drug-likeness (QED) is 0.756. The smallest absolute Gasteiger partial charge is 0.138 e. The van der Waals surface area contributed by atoms with E-state index in [1.807, 2.05) is 4.68 Å². The number of carbonyl (C=O) groups is 1. The highest BCUT2D eigenvalue weighted by Crippen LogP contribution is 2.37. The summed E-state index contributed by atoms with van der Waals surface area (Å²) in [6.07, 6.45) is 4.88. The second kappa shape index (κ2) is 3.76. The summed E-state index contributed by atoms with van der Waals surface area (Å²) in [5.41, 5.74) is 0.108. The van der Waals surface area contributed by atoms with Gasteiger partial charge in [-0.2, -0.15) is 5.10 Å². The molecule has 0 N–H and O–H groups in total. The zero-order chi connectivity index (χ0) is 10.9. The van der Waals surface area contributed by atoms with Gasteiger partial charge in [-0.25, -0.2) is 4.98 Å². The van der Waals surface area contributed by atoms with Crippen molar-refractivity contribution in [3.63, 3.8) is 0 Å². The normalized spacial score (nSPS) is 26.1. The van der Waals surface area contributed by atoms with E-state index in [1.54, 1.807) is 6.33 Å². The molecule has 15 heavy (non-hydrogen) atoms. The van der Waals surface area contributed by atoms with Crippen LogP contribution in [0.3, 0.4) is 0 Å². The molecule has 1 atom stereocenters. The van der Waals surface area contributed by atoms with E-state index >= 15 is 0 Å². The molecule has 1 aromatic rings. The van der Waals surface area contributed by atoms with E-state index < -0.39 is 0 Å². The molecule has 0 aromatic carbocycles. The SMILES string of the molecule is CCn1ncnc1CC1(C)CCC(=O)C1. The number of hydrogen-bond acceptors (Lipinski definition) is 3. The van der Waals surface area contributed by atoms with Crippen LogP contribution >= 0.6 is 0 Å². The molecule has 1 aromatic heterocycles. The van der Waals surface area contributed by atoms with Crippen LogP contribution in [0.1, 0.15) is 38.9 Å². The van der Waals surface area contributed by atoms with Crippen molar-refractivity contribution in [3.8, 4) is 0 Å². The fourth-order valence-corrected chi connectivity index (χ4v) is 2.32. The Morgan fingerprint density at radius 1 is 1.60 bits per heavy atom. The third-order valence-electron chi connectivity index (χ3n) is 3.21. The summed E-state index contributed by atoms with van der Waals surface area (Å²) >= 11 is 0. The molecule has 82 valence electrons. The fourth-order valence-electron chi connectivity index (χ4n) is 2.32. The average Bonchev–Trinajstić information content (AvgIpc) is 2.74. The minimum Gasteiger partial charge on any atom is -0.300 e. The standard InChI is InChI=1S/C11H17N3O/c1-3-14-10(12-8-13-14)7-11(2)5-4-9(15)6-11/h8H,3-7H2,1-2H3. The molecule has 1 fully saturated rings. The average molecular weight is 207 g/mol. The number of nitrogens with zero attached hydrogens (tertiary/aromatic N) is 3. The predicted molar refractivity (Wildman–Crippen MR) is 56.4 cm³/mol. The summed E-state index contributed by atoms with van der Waals surface area (Å²) in [4.78, 5) is 15.6. The van der Waals surface area contributed by atoms with Crippen molar-refractivity contribution in [2.45, 2.75) is 46.1 Å². The van der Waals surface area contributed by atoms with E-state index in [0.29, 0.717) is 12.2 Å². The van der Waals surface area contributed by atoms with Gasteiger partial charge in [0.15, 0.2) is 0 Å². The maximum atomic E-state index is 11.3. The van der Waals surface area contributed by atoms with Crippen LogP contribution in [0.15, 0.2) is 6.33 Å². The van der Waals surface area contributed by atoms with E-state index in [2.05, 4.69) is 23.9 Å². The molecule has 0 spiro atoms. The summed E-state index contributed by atoms with van der Waals surface area (Å²) in [5, 5.41) is 4.15. The van der Waals surface area contributed by atoms with E-state index in [0.717, 1.165) is 31.6 Å². The highest BCUT2D eigenvalue weighted by molar-refractivity contribution is 5.81. The van der Waals surface area contributed by atoms with Crippen LogP contribution in [-0.2, 0) is 17.8 Å². The van der Waals surface area contributed by atoms with Crippen molar-refractivity contribution in [1.82, 2.24) is 14.8 Å². The van der Waals surface area contributed by atoms with E-state index in [1.165, 1.54) is 0 Å². The summed E-state index contributed by atoms with van der Waals surface area (Å²) in [5.74, 6) is 1.40. The van der Waals surface area contributed by atoms with Crippen molar-refractivity contribution in [3.05, 3.63) is 12.2 Å². The Balaban J connectivity index is 2.11. The van der Waals surface area contributed by atoms with Gasteiger partial charge in [-0.1, -0.05) is 6.92 Å². The number of aromatic nitrogens is 3. The van der Waals surface area contributed by atoms with Crippen molar-refractivity contribution >= 4 is 5.78 Å². The van der Waals surface area contributed by atoms with Gasteiger partial charge in [0.05, 0.1) is 0 Å². The van der Waals surface area contributed by atoms with Crippen molar-refractivity contribution in [2.24, 2.45) is 5.41 Å². The zero-order valence-electron chi connectivity index (χ0n) is 9.36. The van der Waals surface area contributed by atoms with Crippen LogP contribution in [0.5, 0.6) is 0 Å². The molecule has 0 amide bonds. The van der Waals surface area contributed by atoms with Crippen LogP contribution in [0, 0.1) is 5.41 Å². The Bertz CT molecular complexity index is 372.